The van der Waals surface area contributed by atoms with Crippen molar-refractivity contribution in [2.24, 2.45) is 0 Å². The first-order valence-corrected chi connectivity index (χ1v) is 4.68. The zero-order valence-electron chi connectivity index (χ0n) is 8.70. The Morgan fingerprint density at radius 2 is 2.21 bits per heavy atom. The summed E-state index contributed by atoms with van der Waals surface area (Å²) in [6.07, 6.45) is 2.01. The third kappa shape index (κ3) is 1.48. The van der Waals surface area contributed by atoms with Crippen LogP contribution < -0.4 is 5.32 Å². The molecular formula is C10H14N4. The molecule has 0 unspecified atom stereocenters. The van der Waals surface area contributed by atoms with Gasteiger partial charge < -0.3 is 5.32 Å². The van der Waals surface area contributed by atoms with E-state index in [9.17, 15) is 0 Å². The minimum Gasteiger partial charge on any atom is -0.314 e. The minimum absolute atomic E-state index is 0.779. The molecule has 0 aromatic carbocycles. The van der Waals surface area contributed by atoms with Gasteiger partial charge in [0.1, 0.15) is 0 Å². The van der Waals surface area contributed by atoms with Crippen LogP contribution in [0.3, 0.4) is 0 Å². The van der Waals surface area contributed by atoms with Crippen LogP contribution in [0.15, 0.2) is 12.3 Å². The molecule has 0 amide bonds. The molecule has 2 aromatic heterocycles. The zero-order chi connectivity index (χ0) is 10.1. The van der Waals surface area contributed by atoms with E-state index in [2.05, 4.69) is 15.4 Å². The lowest BCUT2D eigenvalue weighted by Gasteiger charge is -1.98. The van der Waals surface area contributed by atoms with Crippen LogP contribution in [-0.2, 0) is 6.54 Å². The van der Waals surface area contributed by atoms with Gasteiger partial charge in [0.25, 0.3) is 0 Å². The Morgan fingerprint density at radius 1 is 1.43 bits per heavy atom. The van der Waals surface area contributed by atoms with Gasteiger partial charge in [0.15, 0.2) is 5.65 Å². The third-order valence-electron chi connectivity index (χ3n) is 2.29. The van der Waals surface area contributed by atoms with Gasteiger partial charge in [-0.05, 0) is 26.5 Å². The summed E-state index contributed by atoms with van der Waals surface area (Å²) in [6, 6.07) is 2.00. The van der Waals surface area contributed by atoms with E-state index in [1.807, 2.05) is 37.7 Å². The number of fused-ring (bicyclic) bond motifs is 1. The van der Waals surface area contributed by atoms with Gasteiger partial charge in [-0.3, -0.25) is 0 Å². The summed E-state index contributed by atoms with van der Waals surface area (Å²) in [6.45, 7) is 4.84. The highest BCUT2D eigenvalue weighted by Gasteiger charge is 2.03. The van der Waals surface area contributed by atoms with Gasteiger partial charge in [-0.15, -0.1) is 0 Å². The van der Waals surface area contributed by atoms with Gasteiger partial charge in [-0.2, -0.15) is 5.10 Å². The molecule has 0 aliphatic carbocycles. The van der Waals surface area contributed by atoms with E-state index >= 15 is 0 Å². The van der Waals surface area contributed by atoms with Crippen LogP contribution in [0.4, 0.5) is 0 Å². The van der Waals surface area contributed by atoms with Crippen molar-refractivity contribution in [2.75, 3.05) is 7.05 Å². The molecule has 0 saturated carbocycles. The molecule has 4 nitrogen and oxygen atoms in total. The first kappa shape index (κ1) is 9.15. The van der Waals surface area contributed by atoms with Crippen LogP contribution in [0, 0.1) is 13.8 Å². The molecule has 0 aliphatic heterocycles. The Hall–Kier alpha value is -1.42. The Morgan fingerprint density at radius 3 is 2.93 bits per heavy atom. The number of nitrogens with zero attached hydrogens (tertiary/aromatic N) is 3. The van der Waals surface area contributed by atoms with Crippen LogP contribution in [0.25, 0.3) is 5.65 Å². The molecule has 14 heavy (non-hydrogen) atoms. The second-order valence-corrected chi connectivity index (χ2v) is 3.48. The molecule has 4 heteroatoms. The number of aryl methyl sites for hydroxylation is 2. The summed E-state index contributed by atoms with van der Waals surface area (Å²) in [5.74, 6) is 0. The molecule has 0 bridgehead atoms. The molecule has 0 radical (unpaired) electrons. The first-order chi connectivity index (χ1) is 6.70. The maximum atomic E-state index is 4.45. The summed E-state index contributed by atoms with van der Waals surface area (Å²) >= 11 is 0. The average molecular weight is 190 g/mol. The Bertz CT molecular complexity index is 419. The van der Waals surface area contributed by atoms with E-state index in [0.29, 0.717) is 0 Å². The molecule has 0 fully saturated rings. The first-order valence-electron chi connectivity index (χ1n) is 4.68. The highest BCUT2D eigenvalue weighted by molar-refractivity contribution is 5.41. The van der Waals surface area contributed by atoms with Gasteiger partial charge in [-0.25, -0.2) is 9.50 Å². The Balaban J connectivity index is 2.54. The molecular weight excluding hydrogens is 176 g/mol. The van der Waals surface area contributed by atoms with Gasteiger partial charge in [0.05, 0.1) is 5.69 Å². The van der Waals surface area contributed by atoms with Gasteiger partial charge in [0.2, 0.25) is 0 Å². The number of hydrogen-bond acceptors (Lipinski definition) is 3. The maximum absolute atomic E-state index is 4.45. The number of nitrogens with one attached hydrogen (secondary N) is 1. The fraction of sp³-hybridized carbons (Fsp3) is 0.400. The Kier molecular flexibility index (Phi) is 2.21. The quantitative estimate of drug-likeness (QED) is 0.770. The number of hydrogen-bond donors (Lipinski definition) is 1. The van der Waals surface area contributed by atoms with E-state index in [-0.39, 0.29) is 0 Å². The molecule has 2 aromatic rings. The second kappa shape index (κ2) is 3.38. The van der Waals surface area contributed by atoms with Gasteiger partial charge >= 0.3 is 0 Å². The van der Waals surface area contributed by atoms with E-state index in [1.54, 1.807) is 0 Å². The topological polar surface area (TPSA) is 42.2 Å². The molecule has 0 atom stereocenters. The molecule has 74 valence electrons. The van der Waals surface area contributed by atoms with Crippen molar-refractivity contribution in [2.45, 2.75) is 20.4 Å². The fourth-order valence-corrected chi connectivity index (χ4v) is 1.42. The monoisotopic (exact) mass is 190 g/mol. The van der Waals surface area contributed by atoms with E-state index in [0.717, 1.165) is 29.1 Å². The SMILES string of the molecule is CNCc1cc2nc(C)c(C)cn2n1. The summed E-state index contributed by atoms with van der Waals surface area (Å²) in [5.41, 5.74) is 4.16. The highest BCUT2D eigenvalue weighted by atomic mass is 15.3. The van der Waals surface area contributed by atoms with Gasteiger partial charge in [0, 0.05) is 24.5 Å². The predicted octanol–water partition coefficient (Wildman–Crippen LogP) is 1.07. The zero-order valence-corrected chi connectivity index (χ0v) is 8.70. The van der Waals surface area contributed by atoms with Crippen LogP contribution in [-0.4, -0.2) is 21.6 Å². The van der Waals surface area contributed by atoms with E-state index < -0.39 is 0 Å². The molecule has 0 saturated heterocycles. The molecule has 1 N–H and O–H groups in total. The lowest BCUT2D eigenvalue weighted by atomic mass is 10.3. The number of rotatable bonds is 2. The van der Waals surface area contributed by atoms with Crippen LogP contribution in [0.5, 0.6) is 0 Å². The van der Waals surface area contributed by atoms with Crippen molar-refractivity contribution in [1.29, 1.82) is 0 Å². The summed E-state index contributed by atoms with van der Waals surface area (Å²) < 4.78 is 1.83. The van der Waals surface area contributed by atoms with Crippen molar-refractivity contribution >= 4 is 5.65 Å². The molecule has 0 aliphatic rings. The number of aromatic nitrogens is 3. The van der Waals surface area contributed by atoms with Crippen molar-refractivity contribution in [1.82, 2.24) is 19.9 Å². The van der Waals surface area contributed by atoms with Crippen LogP contribution in [0.1, 0.15) is 17.0 Å². The lowest BCUT2D eigenvalue weighted by molar-refractivity contribution is 0.767. The fourth-order valence-electron chi connectivity index (χ4n) is 1.42. The lowest BCUT2D eigenvalue weighted by Crippen LogP contribution is -2.05. The summed E-state index contributed by atoms with van der Waals surface area (Å²) in [5, 5.41) is 7.47. The van der Waals surface area contributed by atoms with Gasteiger partial charge in [-0.1, -0.05) is 0 Å². The molecule has 0 spiro atoms. The van der Waals surface area contributed by atoms with E-state index in [1.165, 1.54) is 0 Å². The molecule has 2 heterocycles. The maximum Gasteiger partial charge on any atom is 0.155 e. The normalized spacial score (nSPS) is 11.1. The Labute approximate surface area is 83.0 Å². The van der Waals surface area contributed by atoms with E-state index in [4.69, 9.17) is 0 Å². The van der Waals surface area contributed by atoms with Crippen molar-refractivity contribution in [3.8, 4) is 0 Å². The van der Waals surface area contributed by atoms with Crippen LogP contribution >= 0.6 is 0 Å². The highest BCUT2D eigenvalue weighted by Crippen LogP contribution is 2.08. The van der Waals surface area contributed by atoms with Crippen LogP contribution in [0.2, 0.25) is 0 Å². The summed E-state index contributed by atoms with van der Waals surface area (Å²) in [7, 11) is 1.91. The standard InChI is InChI=1S/C10H14N4/c1-7-6-14-10(12-8(7)2)4-9(13-14)5-11-3/h4,6,11H,5H2,1-3H3. The summed E-state index contributed by atoms with van der Waals surface area (Å²) in [4.78, 5) is 4.45. The smallest absolute Gasteiger partial charge is 0.155 e. The van der Waals surface area contributed by atoms with Crippen molar-refractivity contribution in [3.05, 3.63) is 29.2 Å². The molecule has 2 rings (SSSR count). The van der Waals surface area contributed by atoms with Crippen molar-refractivity contribution in [3.63, 3.8) is 0 Å². The minimum atomic E-state index is 0.779. The largest absolute Gasteiger partial charge is 0.314 e. The average Bonchev–Trinajstić information content (AvgIpc) is 2.48. The van der Waals surface area contributed by atoms with Crippen molar-refractivity contribution < 1.29 is 0 Å². The predicted molar refractivity (Wildman–Crippen MR) is 55.2 cm³/mol. The second-order valence-electron chi connectivity index (χ2n) is 3.48. The third-order valence-corrected chi connectivity index (χ3v) is 2.29.